The Morgan fingerprint density at radius 2 is 2.11 bits per heavy atom. The number of benzene rings is 2. The minimum Gasteiger partial charge on any atom is -0.489 e. The zero-order chi connectivity index (χ0) is 19.1. The summed E-state index contributed by atoms with van der Waals surface area (Å²) in [6.45, 7) is 7.10. The van der Waals surface area contributed by atoms with Crippen molar-refractivity contribution < 1.29 is 4.74 Å². The molecule has 0 N–H and O–H groups in total. The maximum atomic E-state index is 9.07. The summed E-state index contributed by atoms with van der Waals surface area (Å²) in [6.07, 6.45) is 7.16. The van der Waals surface area contributed by atoms with Gasteiger partial charge in [0.15, 0.2) is 0 Å². The molecule has 0 aromatic heterocycles. The van der Waals surface area contributed by atoms with E-state index in [2.05, 4.69) is 41.7 Å². The lowest BCUT2D eigenvalue weighted by Crippen LogP contribution is -2.18. The van der Waals surface area contributed by atoms with Gasteiger partial charge in [-0.1, -0.05) is 19.1 Å². The van der Waals surface area contributed by atoms with Crippen molar-refractivity contribution >= 4 is 12.4 Å². The van der Waals surface area contributed by atoms with Gasteiger partial charge in [0.2, 0.25) is 0 Å². The van der Waals surface area contributed by atoms with E-state index in [0.717, 1.165) is 41.4 Å². The van der Waals surface area contributed by atoms with Crippen LogP contribution < -0.4 is 9.64 Å². The number of hydrogen-bond acceptors (Lipinski definition) is 4. The van der Waals surface area contributed by atoms with Gasteiger partial charge in [-0.3, -0.25) is 4.99 Å². The van der Waals surface area contributed by atoms with Gasteiger partial charge in [0.05, 0.1) is 11.6 Å². The molecule has 1 aliphatic rings. The Labute approximate surface area is 161 Å². The third-order valence-corrected chi connectivity index (χ3v) is 4.76. The van der Waals surface area contributed by atoms with Gasteiger partial charge >= 0.3 is 0 Å². The molecule has 0 unspecified atom stereocenters. The van der Waals surface area contributed by atoms with Crippen molar-refractivity contribution in [3.8, 4) is 11.8 Å². The molecule has 0 saturated heterocycles. The van der Waals surface area contributed by atoms with E-state index in [1.807, 2.05) is 36.5 Å². The van der Waals surface area contributed by atoms with Crippen LogP contribution in [0.25, 0.3) is 0 Å². The van der Waals surface area contributed by atoms with Crippen molar-refractivity contribution in [1.29, 1.82) is 5.26 Å². The standard InChI is InChI=1S/C23H25N3O/c1-3-20-13-19(15-24)9-10-21(20)17-27-23-6-4-5-22(14-23)26(12-11-25-2)16-18-7-8-18/h4-6,9-14,18H,2-3,7-8,16-17H2,1H3/b12-11-. The molecule has 3 rings (SSSR count). The van der Waals surface area contributed by atoms with Crippen LogP contribution in [-0.2, 0) is 13.0 Å². The smallest absolute Gasteiger partial charge is 0.121 e. The first-order chi connectivity index (χ1) is 13.2. The Morgan fingerprint density at radius 1 is 1.26 bits per heavy atom. The topological polar surface area (TPSA) is 48.6 Å². The molecule has 0 heterocycles. The number of nitriles is 1. The number of nitrogens with zero attached hydrogens (tertiary/aromatic N) is 3. The van der Waals surface area contributed by atoms with Crippen LogP contribution in [-0.4, -0.2) is 13.3 Å². The fraction of sp³-hybridized carbons (Fsp3) is 0.304. The molecule has 2 aromatic rings. The lowest BCUT2D eigenvalue weighted by Gasteiger charge is -2.21. The third-order valence-electron chi connectivity index (χ3n) is 4.76. The summed E-state index contributed by atoms with van der Waals surface area (Å²) in [5.74, 6) is 1.59. The van der Waals surface area contributed by atoms with Crippen LogP contribution in [0.1, 0.15) is 36.5 Å². The summed E-state index contributed by atoms with van der Waals surface area (Å²) in [4.78, 5) is 6.04. The highest BCUT2D eigenvalue weighted by molar-refractivity contribution is 5.53. The number of rotatable bonds is 9. The molecule has 27 heavy (non-hydrogen) atoms. The van der Waals surface area contributed by atoms with E-state index in [1.54, 1.807) is 6.20 Å². The van der Waals surface area contributed by atoms with Crippen molar-refractivity contribution in [3.05, 3.63) is 71.6 Å². The molecule has 4 nitrogen and oxygen atoms in total. The highest BCUT2D eigenvalue weighted by atomic mass is 16.5. The molecule has 0 aliphatic heterocycles. The largest absolute Gasteiger partial charge is 0.489 e. The number of hydrogen-bond donors (Lipinski definition) is 0. The van der Waals surface area contributed by atoms with E-state index in [1.165, 1.54) is 12.8 Å². The second-order valence-corrected chi connectivity index (χ2v) is 6.81. The fourth-order valence-corrected chi connectivity index (χ4v) is 3.04. The van der Waals surface area contributed by atoms with Gasteiger partial charge < -0.3 is 9.64 Å². The third kappa shape index (κ3) is 5.21. The first kappa shape index (κ1) is 18.7. The first-order valence-electron chi connectivity index (χ1n) is 9.37. The van der Waals surface area contributed by atoms with E-state index < -0.39 is 0 Å². The van der Waals surface area contributed by atoms with Crippen LogP contribution in [0.5, 0.6) is 5.75 Å². The Kier molecular flexibility index (Phi) is 6.27. The van der Waals surface area contributed by atoms with E-state index in [0.29, 0.717) is 12.2 Å². The van der Waals surface area contributed by atoms with Crippen molar-refractivity contribution in [2.75, 3.05) is 11.4 Å². The first-order valence-corrected chi connectivity index (χ1v) is 9.37. The zero-order valence-corrected chi connectivity index (χ0v) is 15.8. The van der Waals surface area contributed by atoms with E-state index in [-0.39, 0.29) is 0 Å². The predicted octanol–water partition coefficient (Wildman–Crippen LogP) is 5.09. The predicted molar refractivity (Wildman–Crippen MR) is 110 cm³/mol. The minimum atomic E-state index is 0.491. The summed E-state index contributed by atoms with van der Waals surface area (Å²) in [6, 6.07) is 16.1. The number of anilines is 1. The number of ether oxygens (including phenoxy) is 1. The molecular weight excluding hydrogens is 334 g/mol. The molecule has 1 aliphatic carbocycles. The van der Waals surface area contributed by atoms with Crippen molar-refractivity contribution in [2.45, 2.75) is 32.8 Å². The van der Waals surface area contributed by atoms with Crippen LogP contribution >= 0.6 is 0 Å². The van der Waals surface area contributed by atoms with E-state index in [4.69, 9.17) is 10.00 Å². The summed E-state index contributed by atoms with van der Waals surface area (Å²) < 4.78 is 6.05. The summed E-state index contributed by atoms with van der Waals surface area (Å²) in [5, 5.41) is 9.07. The monoisotopic (exact) mass is 359 g/mol. The van der Waals surface area contributed by atoms with Crippen LogP contribution in [0.15, 0.2) is 59.9 Å². The molecule has 1 fully saturated rings. The lowest BCUT2D eigenvalue weighted by molar-refractivity contribution is 0.305. The molecule has 138 valence electrons. The Hall–Kier alpha value is -3.06. The molecule has 0 atom stereocenters. The van der Waals surface area contributed by atoms with Crippen LogP contribution in [0.3, 0.4) is 0 Å². The summed E-state index contributed by atoms with van der Waals surface area (Å²) in [5.41, 5.74) is 4.05. The van der Waals surface area contributed by atoms with Gasteiger partial charge in [0, 0.05) is 30.7 Å². The van der Waals surface area contributed by atoms with Crippen LogP contribution in [0.2, 0.25) is 0 Å². The van der Waals surface area contributed by atoms with Gasteiger partial charge in [0.25, 0.3) is 0 Å². The van der Waals surface area contributed by atoms with Crippen molar-refractivity contribution in [2.24, 2.45) is 10.9 Å². The molecule has 4 heteroatoms. The average molecular weight is 359 g/mol. The normalized spacial score (nSPS) is 13.3. The average Bonchev–Trinajstić information content (AvgIpc) is 3.53. The maximum Gasteiger partial charge on any atom is 0.121 e. The van der Waals surface area contributed by atoms with Gasteiger partial charge in [-0.25, -0.2) is 0 Å². The Morgan fingerprint density at radius 3 is 2.81 bits per heavy atom. The van der Waals surface area contributed by atoms with Crippen molar-refractivity contribution in [3.63, 3.8) is 0 Å². The van der Waals surface area contributed by atoms with Crippen molar-refractivity contribution in [1.82, 2.24) is 0 Å². The lowest BCUT2D eigenvalue weighted by atomic mass is 10.0. The molecule has 0 spiro atoms. The maximum absolute atomic E-state index is 9.07. The van der Waals surface area contributed by atoms with E-state index >= 15 is 0 Å². The van der Waals surface area contributed by atoms with Gasteiger partial charge in [-0.05, 0) is 67.3 Å². The molecule has 0 amide bonds. The van der Waals surface area contributed by atoms with Gasteiger partial charge in [-0.2, -0.15) is 5.26 Å². The molecule has 0 bridgehead atoms. The molecule has 1 saturated carbocycles. The molecule has 2 aromatic carbocycles. The highest BCUT2D eigenvalue weighted by Gasteiger charge is 2.23. The second-order valence-electron chi connectivity index (χ2n) is 6.81. The minimum absolute atomic E-state index is 0.491. The van der Waals surface area contributed by atoms with Gasteiger partial charge in [0.1, 0.15) is 12.4 Å². The highest BCUT2D eigenvalue weighted by Crippen LogP contribution is 2.32. The number of aryl methyl sites for hydroxylation is 1. The summed E-state index contributed by atoms with van der Waals surface area (Å²) >= 11 is 0. The quantitative estimate of drug-likeness (QED) is 0.586. The molecule has 0 radical (unpaired) electrons. The summed E-state index contributed by atoms with van der Waals surface area (Å²) in [7, 11) is 0. The SMILES string of the molecule is C=N/C=C\N(CC1CC1)c1cccc(OCc2ccc(C#N)cc2CC)c1. The number of aliphatic imine (C=N–C) groups is 1. The molecular formula is C23H25N3O. The van der Waals surface area contributed by atoms with Gasteiger partial charge in [-0.15, -0.1) is 0 Å². The Bertz CT molecular complexity index is 862. The van der Waals surface area contributed by atoms with Crippen LogP contribution in [0, 0.1) is 17.2 Å². The van der Waals surface area contributed by atoms with Crippen LogP contribution in [0.4, 0.5) is 5.69 Å². The van der Waals surface area contributed by atoms with E-state index in [9.17, 15) is 0 Å². The Balaban J connectivity index is 1.72. The zero-order valence-electron chi connectivity index (χ0n) is 15.8. The fourth-order valence-electron chi connectivity index (χ4n) is 3.04. The second kappa shape index (κ2) is 9.05.